The molecule has 0 unspecified atom stereocenters. The first-order chi connectivity index (χ1) is 9.51. The number of sulfone groups is 1. The van der Waals surface area contributed by atoms with Gasteiger partial charge in [-0.05, 0) is 38.5 Å². The average molecular weight is 313 g/mol. The third kappa shape index (κ3) is 5.55. The predicted molar refractivity (Wildman–Crippen MR) is 78.0 cm³/mol. The van der Waals surface area contributed by atoms with E-state index in [9.17, 15) is 18.0 Å². The molecule has 0 atom stereocenters. The number of carboxylic acid groups (broad SMARTS) is 1. The molecule has 0 spiro atoms. The van der Waals surface area contributed by atoms with Crippen LogP contribution in [-0.2, 0) is 14.6 Å². The average Bonchev–Trinajstić information content (AvgIpc) is 2.35. The first-order valence-corrected chi connectivity index (χ1v) is 8.25. The van der Waals surface area contributed by atoms with Gasteiger partial charge in [0.25, 0.3) is 5.91 Å². The van der Waals surface area contributed by atoms with Crippen molar-refractivity contribution < 1.29 is 23.1 Å². The molecule has 0 aromatic heterocycles. The molecule has 1 rings (SSSR count). The van der Waals surface area contributed by atoms with Gasteiger partial charge in [-0.3, -0.25) is 9.59 Å². The SMILES string of the molecule is CC(C)(CCC(=O)O)NC(=O)c1cccc(S(C)(=O)=O)c1. The fourth-order valence-electron chi connectivity index (χ4n) is 1.73. The fraction of sp³-hybridized carbons (Fsp3) is 0.429. The summed E-state index contributed by atoms with van der Waals surface area (Å²) in [6.45, 7) is 3.43. The molecule has 21 heavy (non-hydrogen) atoms. The summed E-state index contributed by atoms with van der Waals surface area (Å²) in [6, 6.07) is 5.73. The second kappa shape index (κ2) is 6.26. The monoisotopic (exact) mass is 313 g/mol. The minimum atomic E-state index is -3.38. The number of nitrogens with one attached hydrogen (secondary N) is 1. The molecule has 0 aliphatic rings. The maximum absolute atomic E-state index is 12.1. The summed E-state index contributed by atoms with van der Waals surface area (Å²) in [5.41, 5.74) is -0.474. The number of carbonyl (C=O) groups excluding carboxylic acids is 1. The lowest BCUT2D eigenvalue weighted by atomic mass is 9.98. The summed E-state index contributed by atoms with van der Waals surface area (Å²) in [4.78, 5) is 22.8. The summed E-state index contributed by atoms with van der Waals surface area (Å²) < 4.78 is 22.9. The molecule has 7 heteroatoms. The van der Waals surface area contributed by atoms with Crippen molar-refractivity contribution in [1.82, 2.24) is 5.32 Å². The van der Waals surface area contributed by atoms with Crippen molar-refractivity contribution in [3.05, 3.63) is 29.8 Å². The van der Waals surface area contributed by atoms with Crippen molar-refractivity contribution in [3.8, 4) is 0 Å². The zero-order valence-electron chi connectivity index (χ0n) is 12.2. The van der Waals surface area contributed by atoms with E-state index in [1.54, 1.807) is 13.8 Å². The van der Waals surface area contributed by atoms with E-state index in [-0.39, 0.29) is 23.3 Å². The van der Waals surface area contributed by atoms with Crippen LogP contribution in [0.15, 0.2) is 29.2 Å². The van der Waals surface area contributed by atoms with Crippen molar-refractivity contribution in [2.45, 2.75) is 37.1 Å². The third-order valence-corrected chi connectivity index (χ3v) is 4.05. The van der Waals surface area contributed by atoms with Crippen molar-refractivity contribution in [2.24, 2.45) is 0 Å². The van der Waals surface area contributed by atoms with Crippen LogP contribution in [0.2, 0.25) is 0 Å². The van der Waals surface area contributed by atoms with Crippen LogP contribution in [-0.4, -0.2) is 37.2 Å². The Morgan fingerprint density at radius 2 is 1.90 bits per heavy atom. The molecule has 0 fully saturated rings. The lowest BCUT2D eigenvalue weighted by Gasteiger charge is -2.25. The van der Waals surface area contributed by atoms with E-state index in [0.717, 1.165) is 6.26 Å². The van der Waals surface area contributed by atoms with E-state index in [0.29, 0.717) is 0 Å². The maximum Gasteiger partial charge on any atom is 0.303 e. The van der Waals surface area contributed by atoms with Crippen molar-refractivity contribution >= 4 is 21.7 Å². The van der Waals surface area contributed by atoms with Gasteiger partial charge < -0.3 is 10.4 Å². The van der Waals surface area contributed by atoms with E-state index in [1.165, 1.54) is 24.3 Å². The van der Waals surface area contributed by atoms with E-state index < -0.39 is 27.3 Å². The lowest BCUT2D eigenvalue weighted by Crippen LogP contribution is -2.43. The second-order valence-corrected chi connectivity index (χ2v) is 7.55. The Hall–Kier alpha value is -1.89. The van der Waals surface area contributed by atoms with Crippen molar-refractivity contribution in [2.75, 3.05) is 6.26 Å². The third-order valence-electron chi connectivity index (χ3n) is 2.94. The van der Waals surface area contributed by atoms with E-state index in [4.69, 9.17) is 5.11 Å². The highest BCUT2D eigenvalue weighted by molar-refractivity contribution is 7.90. The minimum absolute atomic E-state index is 0.0589. The molecule has 0 radical (unpaired) electrons. The van der Waals surface area contributed by atoms with Crippen LogP contribution in [0.4, 0.5) is 0 Å². The Kier molecular flexibility index (Phi) is 5.11. The predicted octanol–water partition coefficient (Wildman–Crippen LogP) is 1.46. The number of hydrogen-bond acceptors (Lipinski definition) is 4. The molecular formula is C14H19NO5S. The Bertz CT molecular complexity index is 649. The first kappa shape index (κ1) is 17.2. The lowest BCUT2D eigenvalue weighted by molar-refractivity contribution is -0.137. The second-order valence-electron chi connectivity index (χ2n) is 5.53. The quantitative estimate of drug-likeness (QED) is 0.828. The summed E-state index contributed by atoms with van der Waals surface area (Å²) >= 11 is 0. The highest BCUT2D eigenvalue weighted by Gasteiger charge is 2.22. The molecule has 0 saturated heterocycles. The number of benzene rings is 1. The fourth-order valence-corrected chi connectivity index (χ4v) is 2.40. The molecule has 2 N–H and O–H groups in total. The summed E-state index contributed by atoms with van der Waals surface area (Å²) in [6.07, 6.45) is 1.29. The number of carboxylic acids is 1. The Morgan fingerprint density at radius 3 is 2.43 bits per heavy atom. The van der Waals surface area contributed by atoms with E-state index >= 15 is 0 Å². The molecule has 0 bridgehead atoms. The topological polar surface area (TPSA) is 101 Å². The molecule has 6 nitrogen and oxygen atoms in total. The Balaban J connectivity index is 2.87. The van der Waals surface area contributed by atoms with Crippen LogP contribution in [0.25, 0.3) is 0 Å². The Morgan fingerprint density at radius 1 is 1.29 bits per heavy atom. The van der Waals surface area contributed by atoms with E-state index in [1.807, 2.05) is 0 Å². The van der Waals surface area contributed by atoms with Gasteiger partial charge in [-0.25, -0.2) is 8.42 Å². The summed E-state index contributed by atoms with van der Waals surface area (Å²) in [5, 5.41) is 11.4. The van der Waals surface area contributed by atoms with Gasteiger partial charge >= 0.3 is 5.97 Å². The van der Waals surface area contributed by atoms with Gasteiger partial charge in [-0.1, -0.05) is 6.07 Å². The molecule has 1 aromatic rings. The highest BCUT2D eigenvalue weighted by Crippen LogP contribution is 2.15. The van der Waals surface area contributed by atoms with Crippen molar-refractivity contribution in [1.29, 1.82) is 0 Å². The van der Waals surface area contributed by atoms with Crippen LogP contribution in [0.3, 0.4) is 0 Å². The van der Waals surface area contributed by atoms with Gasteiger partial charge in [-0.15, -0.1) is 0 Å². The molecule has 0 heterocycles. The smallest absolute Gasteiger partial charge is 0.303 e. The number of hydrogen-bond donors (Lipinski definition) is 2. The number of aliphatic carboxylic acids is 1. The Labute approximate surface area is 124 Å². The number of carbonyl (C=O) groups is 2. The summed E-state index contributed by atoms with van der Waals surface area (Å²) in [7, 11) is -3.38. The largest absolute Gasteiger partial charge is 0.481 e. The molecule has 0 saturated carbocycles. The van der Waals surface area contributed by atoms with Crippen LogP contribution in [0, 0.1) is 0 Å². The first-order valence-electron chi connectivity index (χ1n) is 6.36. The maximum atomic E-state index is 12.1. The van der Waals surface area contributed by atoms with Gasteiger partial charge in [0, 0.05) is 23.8 Å². The van der Waals surface area contributed by atoms with Crippen LogP contribution >= 0.6 is 0 Å². The van der Waals surface area contributed by atoms with Gasteiger partial charge in [0.1, 0.15) is 0 Å². The number of rotatable bonds is 6. The zero-order chi connectivity index (χ0) is 16.3. The highest BCUT2D eigenvalue weighted by atomic mass is 32.2. The van der Waals surface area contributed by atoms with Gasteiger partial charge in [0.05, 0.1) is 4.90 Å². The van der Waals surface area contributed by atoms with Crippen molar-refractivity contribution in [3.63, 3.8) is 0 Å². The van der Waals surface area contributed by atoms with Crippen LogP contribution < -0.4 is 5.32 Å². The molecule has 1 amide bonds. The molecule has 1 aromatic carbocycles. The molecule has 0 aliphatic carbocycles. The van der Waals surface area contributed by atoms with Gasteiger partial charge in [0.15, 0.2) is 9.84 Å². The number of amides is 1. The zero-order valence-corrected chi connectivity index (χ0v) is 13.0. The normalized spacial score (nSPS) is 12.0. The van der Waals surface area contributed by atoms with E-state index in [2.05, 4.69) is 5.32 Å². The molecule has 0 aliphatic heterocycles. The van der Waals surface area contributed by atoms with Gasteiger partial charge in [0.2, 0.25) is 0 Å². The van der Waals surface area contributed by atoms with Crippen LogP contribution in [0.5, 0.6) is 0 Å². The minimum Gasteiger partial charge on any atom is -0.481 e. The molecular weight excluding hydrogens is 294 g/mol. The van der Waals surface area contributed by atoms with Gasteiger partial charge in [-0.2, -0.15) is 0 Å². The molecule has 116 valence electrons. The van der Waals surface area contributed by atoms with Crippen LogP contribution in [0.1, 0.15) is 37.0 Å². The standard InChI is InChI=1S/C14H19NO5S/c1-14(2,8-7-12(16)17)15-13(18)10-5-4-6-11(9-10)21(3,19)20/h4-6,9H,7-8H2,1-3H3,(H,15,18)(H,16,17). The summed E-state index contributed by atoms with van der Waals surface area (Å²) in [5.74, 6) is -1.37.